The SMILES string of the molecule is COCC(CC(=O)O)c1ccc(N2CCOCC2C(C)C)c(NC(=O)Nc2ccc(Cl)cc2)c1. The van der Waals surface area contributed by atoms with Crippen molar-refractivity contribution in [1.29, 1.82) is 0 Å². The number of anilines is 3. The molecule has 9 heteroatoms. The van der Waals surface area contributed by atoms with Gasteiger partial charge in [-0.15, -0.1) is 0 Å². The van der Waals surface area contributed by atoms with Gasteiger partial charge in [0, 0.05) is 30.3 Å². The lowest BCUT2D eigenvalue weighted by molar-refractivity contribution is -0.137. The zero-order valence-corrected chi connectivity index (χ0v) is 20.5. The van der Waals surface area contributed by atoms with E-state index in [4.69, 9.17) is 21.1 Å². The van der Waals surface area contributed by atoms with Crippen molar-refractivity contribution in [3.8, 4) is 0 Å². The molecule has 1 aliphatic heterocycles. The third-order valence-corrected chi connectivity index (χ3v) is 6.13. The van der Waals surface area contributed by atoms with Crippen molar-refractivity contribution >= 4 is 40.7 Å². The summed E-state index contributed by atoms with van der Waals surface area (Å²) in [5.41, 5.74) is 2.85. The molecule has 3 N–H and O–H groups in total. The zero-order valence-electron chi connectivity index (χ0n) is 19.7. The Morgan fingerprint density at radius 1 is 1.21 bits per heavy atom. The highest BCUT2D eigenvalue weighted by Gasteiger charge is 2.28. The molecule has 1 saturated heterocycles. The molecule has 0 spiro atoms. The summed E-state index contributed by atoms with van der Waals surface area (Å²) in [6.07, 6.45) is -0.0736. The number of benzene rings is 2. The summed E-state index contributed by atoms with van der Waals surface area (Å²) in [5.74, 6) is -0.917. The van der Waals surface area contributed by atoms with Crippen LogP contribution in [0, 0.1) is 5.92 Å². The molecule has 184 valence electrons. The predicted octanol–water partition coefficient (Wildman–Crippen LogP) is 5.05. The molecule has 34 heavy (non-hydrogen) atoms. The van der Waals surface area contributed by atoms with Gasteiger partial charge in [-0.05, 0) is 47.9 Å². The van der Waals surface area contributed by atoms with Crippen molar-refractivity contribution in [1.82, 2.24) is 0 Å². The van der Waals surface area contributed by atoms with Crippen molar-refractivity contribution < 1.29 is 24.2 Å². The number of amides is 2. The first kappa shape index (κ1) is 25.8. The minimum Gasteiger partial charge on any atom is -0.481 e. The highest BCUT2D eigenvalue weighted by atomic mass is 35.5. The topological polar surface area (TPSA) is 100 Å². The summed E-state index contributed by atoms with van der Waals surface area (Å²) >= 11 is 5.94. The Morgan fingerprint density at radius 3 is 2.59 bits per heavy atom. The predicted molar refractivity (Wildman–Crippen MR) is 134 cm³/mol. The van der Waals surface area contributed by atoms with Crippen molar-refractivity contribution in [2.45, 2.75) is 32.2 Å². The summed E-state index contributed by atoms with van der Waals surface area (Å²) in [5, 5.41) is 15.7. The molecule has 2 amide bonds. The van der Waals surface area contributed by atoms with Crippen LogP contribution in [0.1, 0.15) is 31.7 Å². The van der Waals surface area contributed by atoms with Gasteiger partial charge in [-0.1, -0.05) is 31.5 Å². The highest BCUT2D eigenvalue weighted by Crippen LogP contribution is 2.35. The normalized spacial score (nSPS) is 16.9. The van der Waals surface area contributed by atoms with Crippen molar-refractivity contribution in [2.24, 2.45) is 5.92 Å². The fourth-order valence-corrected chi connectivity index (χ4v) is 4.26. The standard InChI is InChI=1S/C25H32ClN3O5/c1-16(2)23-15-34-11-10-29(23)22-9-4-17(18(14-33-3)13-24(30)31)12-21(22)28-25(32)27-20-7-5-19(26)6-8-20/h4-9,12,16,18,23H,10-11,13-15H2,1-3H3,(H,30,31)(H2,27,28,32). The Morgan fingerprint density at radius 2 is 1.94 bits per heavy atom. The molecule has 0 saturated carbocycles. The maximum absolute atomic E-state index is 12.9. The molecule has 0 aliphatic carbocycles. The Kier molecular flexibility index (Phi) is 9.15. The fourth-order valence-electron chi connectivity index (χ4n) is 4.14. The number of methoxy groups -OCH3 is 1. The number of nitrogens with zero attached hydrogens (tertiary/aromatic N) is 1. The number of carbonyl (C=O) groups excluding carboxylic acids is 1. The Hall–Kier alpha value is -2.81. The molecule has 3 rings (SSSR count). The van der Waals surface area contributed by atoms with Crippen LogP contribution in [0.4, 0.5) is 21.9 Å². The van der Waals surface area contributed by atoms with Gasteiger partial charge in [-0.2, -0.15) is 0 Å². The van der Waals surface area contributed by atoms with Gasteiger partial charge in [-0.3, -0.25) is 4.79 Å². The first-order valence-electron chi connectivity index (χ1n) is 11.3. The maximum Gasteiger partial charge on any atom is 0.323 e. The molecule has 2 aromatic rings. The molecule has 1 aliphatic rings. The highest BCUT2D eigenvalue weighted by molar-refractivity contribution is 6.30. The first-order chi connectivity index (χ1) is 16.3. The number of carboxylic acids is 1. The van der Waals surface area contributed by atoms with E-state index in [1.165, 1.54) is 0 Å². The number of hydrogen-bond donors (Lipinski definition) is 3. The molecule has 1 heterocycles. The minimum absolute atomic E-state index is 0.0736. The van der Waals surface area contributed by atoms with E-state index >= 15 is 0 Å². The number of halogens is 1. The van der Waals surface area contributed by atoms with Crippen LogP contribution in [-0.4, -0.2) is 56.6 Å². The summed E-state index contributed by atoms with van der Waals surface area (Å²) in [4.78, 5) is 26.5. The van der Waals surface area contributed by atoms with Gasteiger partial charge in [0.25, 0.3) is 0 Å². The summed E-state index contributed by atoms with van der Waals surface area (Å²) in [6.45, 7) is 6.42. The number of morpholine rings is 1. The monoisotopic (exact) mass is 489 g/mol. The second kappa shape index (κ2) is 12.1. The van der Waals surface area contributed by atoms with Crippen LogP contribution in [0.3, 0.4) is 0 Å². The van der Waals surface area contributed by atoms with Gasteiger partial charge >= 0.3 is 12.0 Å². The van der Waals surface area contributed by atoms with Crippen LogP contribution >= 0.6 is 11.6 Å². The van der Waals surface area contributed by atoms with Crippen LogP contribution in [0.2, 0.25) is 5.02 Å². The molecule has 0 aromatic heterocycles. The quantitative estimate of drug-likeness (QED) is 0.455. The van der Waals surface area contributed by atoms with Gasteiger partial charge in [0.2, 0.25) is 0 Å². The van der Waals surface area contributed by atoms with Crippen LogP contribution in [0.5, 0.6) is 0 Å². The van der Waals surface area contributed by atoms with E-state index in [1.807, 2.05) is 18.2 Å². The van der Waals surface area contributed by atoms with E-state index in [1.54, 1.807) is 31.4 Å². The molecule has 0 radical (unpaired) electrons. The fraction of sp³-hybridized carbons (Fsp3) is 0.440. The van der Waals surface area contributed by atoms with Gasteiger partial charge in [0.1, 0.15) is 0 Å². The number of urea groups is 1. The van der Waals surface area contributed by atoms with Gasteiger partial charge < -0.3 is 30.1 Å². The van der Waals surface area contributed by atoms with Crippen molar-refractivity contribution in [3.63, 3.8) is 0 Å². The van der Waals surface area contributed by atoms with Crippen LogP contribution < -0.4 is 15.5 Å². The largest absolute Gasteiger partial charge is 0.481 e. The Balaban J connectivity index is 1.94. The Bertz CT molecular complexity index is 983. The molecular formula is C25H32ClN3O5. The smallest absolute Gasteiger partial charge is 0.323 e. The van der Waals surface area contributed by atoms with Gasteiger partial charge in [0.05, 0.1) is 43.7 Å². The lowest BCUT2D eigenvalue weighted by Crippen LogP contribution is -2.48. The minimum atomic E-state index is -0.908. The number of carbonyl (C=O) groups is 2. The van der Waals surface area contributed by atoms with Gasteiger partial charge in [-0.25, -0.2) is 4.79 Å². The van der Waals surface area contributed by atoms with E-state index in [2.05, 4.69) is 29.4 Å². The lowest BCUT2D eigenvalue weighted by Gasteiger charge is -2.40. The number of ether oxygens (including phenoxy) is 2. The third-order valence-electron chi connectivity index (χ3n) is 5.88. The molecule has 2 atom stereocenters. The number of carboxylic acid groups (broad SMARTS) is 1. The molecule has 2 aromatic carbocycles. The Labute approximate surface area is 205 Å². The summed E-state index contributed by atoms with van der Waals surface area (Å²) in [7, 11) is 1.54. The second-order valence-electron chi connectivity index (χ2n) is 8.69. The van der Waals surface area contributed by atoms with Crippen molar-refractivity contribution in [3.05, 3.63) is 53.1 Å². The van der Waals surface area contributed by atoms with E-state index in [0.717, 1.165) is 11.3 Å². The summed E-state index contributed by atoms with van der Waals surface area (Å²) < 4.78 is 11.0. The van der Waals surface area contributed by atoms with E-state index in [0.29, 0.717) is 42.1 Å². The maximum atomic E-state index is 12.9. The molecule has 8 nitrogen and oxygen atoms in total. The van der Waals surface area contributed by atoms with E-state index in [-0.39, 0.29) is 25.0 Å². The number of hydrogen-bond acceptors (Lipinski definition) is 5. The zero-order chi connectivity index (χ0) is 24.7. The first-order valence-corrected chi connectivity index (χ1v) is 11.7. The molecule has 1 fully saturated rings. The van der Waals surface area contributed by atoms with E-state index < -0.39 is 12.0 Å². The van der Waals surface area contributed by atoms with E-state index in [9.17, 15) is 14.7 Å². The number of aliphatic carboxylic acids is 1. The van der Waals surface area contributed by atoms with Crippen LogP contribution in [0.25, 0.3) is 0 Å². The third kappa shape index (κ3) is 6.85. The number of nitrogens with one attached hydrogen (secondary N) is 2. The van der Waals surface area contributed by atoms with Crippen LogP contribution in [0.15, 0.2) is 42.5 Å². The van der Waals surface area contributed by atoms with Crippen molar-refractivity contribution in [2.75, 3.05) is 49.0 Å². The second-order valence-corrected chi connectivity index (χ2v) is 9.13. The lowest BCUT2D eigenvalue weighted by atomic mass is 9.94. The number of rotatable bonds is 9. The average Bonchev–Trinajstić information content (AvgIpc) is 2.80. The van der Waals surface area contributed by atoms with Crippen LogP contribution in [-0.2, 0) is 14.3 Å². The average molecular weight is 490 g/mol. The summed E-state index contributed by atoms with van der Waals surface area (Å²) in [6, 6.07) is 12.3. The molecular weight excluding hydrogens is 458 g/mol. The van der Waals surface area contributed by atoms with Gasteiger partial charge in [0.15, 0.2) is 0 Å². The molecule has 2 unspecified atom stereocenters. The molecule has 0 bridgehead atoms.